The van der Waals surface area contributed by atoms with E-state index < -0.39 is 5.97 Å². The fraction of sp³-hybridized carbons (Fsp3) is 0.500. The summed E-state index contributed by atoms with van der Waals surface area (Å²) in [4.78, 5) is 24.7. The predicted octanol–water partition coefficient (Wildman–Crippen LogP) is 2.39. The van der Waals surface area contributed by atoms with Crippen molar-refractivity contribution in [2.75, 3.05) is 6.54 Å². The van der Waals surface area contributed by atoms with E-state index in [1.807, 2.05) is 31.2 Å². The molecule has 1 saturated carbocycles. The number of hydrogen-bond acceptors (Lipinski definition) is 2. The van der Waals surface area contributed by atoms with Crippen LogP contribution < -0.4 is 0 Å². The lowest BCUT2D eigenvalue weighted by Gasteiger charge is -2.21. The van der Waals surface area contributed by atoms with Gasteiger partial charge in [0.15, 0.2) is 0 Å². The van der Waals surface area contributed by atoms with Crippen LogP contribution in [0.5, 0.6) is 0 Å². The highest BCUT2D eigenvalue weighted by Crippen LogP contribution is 2.27. The number of carboxylic acid groups (broad SMARTS) is 1. The van der Waals surface area contributed by atoms with Crippen LogP contribution >= 0.6 is 0 Å². The normalized spacial score (nSPS) is 14.1. The molecule has 0 saturated heterocycles. The van der Waals surface area contributed by atoms with E-state index in [4.69, 9.17) is 5.11 Å². The third-order valence-electron chi connectivity index (χ3n) is 3.74. The molecule has 1 fully saturated rings. The number of rotatable bonds is 7. The third-order valence-corrected chi connectivity index (χ3v) is 3.74. The number of carbonyl (C=O) groups is 2. The van der Waals surface area contributed by atoms with Gasteiger partial charge in [0.1, 0.15) is 0 Å². The second-order valence-electron chi connectivity index (χ2n) is 5.39. The van der Waals surface area contributed by atoms with Crippen molar-refractivity contribution in [1.82, 2.24) is 4.90 Å². The third kappa shape index (κ3) is 4.08. The largest absolute Gasteiger partial charge is 0.481 e. The molecule has 1 aliphatic carbocycles. The van der Waals surface area contributed by atoms with E-state index in [-0.39, 0.29) is 18.4 Å². The Labute approximate surface area is 119 Å². The summed E-state index contributed by atoms with van der Waals surface area (Å²) < 4.78 is 0. The summed E-state index contributed by atoms with van der Waals surface area (Å²) in [6.07, 6.45) is 3.24. The van der Waals surface area contributed by atoms with Crippen LogP contribution in [0, 0.1) is 6.92 Å². The zero-order valence-corrected chi connectivity index (χ0v) is 11.8. The molecular formula is C16H21NO3. The first-order valence-electron chi connectivity index (χ1n) is 7.13. The molecule has 1 N–H and O–H groups in total. The van der Waals surface area contributed by atoms with Gasteiger partial charge in [-0.05, 0) is 37.3 Å². The van der Waals surface area contributed by atoms with Gasteiger partial charge in [-0.15, -0.1) is 0 Å². The minimum absolute atomic E-state index is 0.0343. The van der Waals surface area contributed by atoms with Crippen LogP contribution in [0.1, 0.15) is 36.8 Å². The molecule has 1 aromatic rings. The minimum atomic E-state index is -0.845. The van der Waals surface area contributed by atoms with Gasteiger partial charge in [0.05, 0.1) is 6.42 Å². The number of hydrogen-bond donors (Lipinski definition) is 1. The van der Waals surface area contributed by atoms with Gasteiger partial charge in [0.25, 0.3) is 0 Å². The predicted molar refractivity (Wildman–Crippen MR) is 76.5 cm³/mol. The van der Waals surface area contributed by atoms with E-state index in [0.717, 1.165) is 19.3 Å². The van der Waals surface area contributed by atoms with Gasteiger partial charge in [0, 0.05) is 19.0 Å². The molecule has 0 unspecified atom stereocenters. The number of carboxylic acids is 1. The molecular weight excluding hydrogens is 254 g/mol. The molecule has 0 aromatic heterocycles. The fourth-order valence-corrected chi connectivity index (χ4v) is 2.39. The number of benzene rings is 1. The van der Waals surface area contributed by atoms with Crippen molar-refractivity contribution < 1.29 is 14.7 Å². The molecule has 1 aromatic carbocycles. The quantitative estimate of drug-likeness (QED) is 0.831. The van der Waals surface area contributed by atoms with E-state index in [0.29, 0.717) is 13.0 Å². The second kappa shape index (κ2) is 6.55. The summed E-state index contributed by atoms with van der Waals surface area (Å²) in [6.45, 7) is 2.38. The molecule has 1 aliphatic rings. The van der Waals surface area contributed by atoms with E-state index in [1.165, 1.54) is 11.1 Å². The lowest BCUT2D eigenvalue weighted by atomic mass is 10.0. The first kappa shape index (κ1) is 14.6. The molecule has 20 heavy (non-hydrogen) atoms. The van der Waals surface area contributed by atoms with Crippen molar-refractivity contribution >= 4 is 11.9 Å². The Balaban J connectivity index is 1.88. The summed E-state index contributed by atoms with van der Waals surface area (Å²) in [5.74, 6) is -0.764. The van der Waals surface area contributed by atoms with Crippen molar-refractivity contribution in [2.24, 2.45) is 0 Å². The Kier molecular flexibility index (Phi) is 4.77. The monoisotopic (exact) mass is 275 g/mol. The van der Waals surface area contributed by atoms with Crippen LogP contribution in [-0.2, 0) is 16.0 Å². The Hall–Kier alpha value is -1.84. The Morgan fingerprint density at radius 2 is 1.95 bits per heavy atom. The van der Waals surface area contributed by atoms with Gasteiger partial charge in [-0.25, -0.2) is 0 Å². The SMILES string of the molecule is Cc1ccccc1CCC(=O)N(CCC(=O)O)C1CC1. The number of amides is 1. The number of aryl methyl sites for hydroxylation is 2. The molecule has 0 radical (unpaired) electrons. The average Bonchev–Trinajstić information content (AvgIpc) is 3.22. The van der Waals surface area contributed by atoms with Crippen molar-refractivity contribution in [1.29, 1.82) is 0 Å². The highest BCUT2D eigenvalue weighted by atomic mass is 16.4. The molecule has 1 amide bonds. The lowest BCUT2D eigenvalue weighted by Crippen LogP contribution is -2.35. The Morgan fingerprint density at radius 1 is 1.25 bits per heavy atom. The Bertz CT molecular complexity index is 494. The maximum absolute atomic E-state index is 12.3. The molecule has 4 heteroatoms. The van der Waals surface area contributed by atoms with E-state index in [1.54, 1.807) is 4.90 Å². The summed E-state index contributed by atoms with van der Waals surface area (Å²) >= 11 is 0. The summed E-state index contributed by atoms with van der Waals surface area (Å²) in [6, 6.07) is 8.34. The standard InChI is InChI=1S/C16H21NO3/c1-12-4-2-3-5-13(12)6-9-15(18)17(14-7-8-14)11-10-16(19)20/h2-5,14H,6-11H2,1H3,(H,19,20). The number of aliphatic carboxylic acids is 1. The van der Waals surface area contributed by atoms with E-state index >= 15 is 0 Å². The molecule has 0 atom stereocenters. The fourth-order valence-electron chi connectivity index (χ4n) is 2.39. The molecule has 2 rings (SSSR count). The summed E-state index contributed by atoms with van der Waals surface area (Å²) in [7, 11) is 0. The van der Waals surface area contributed by atoms with Crippen molar-refractivity contribution in [2.45, 2.75) is 45.1 Å². The second-order valence-corrected chi connectivity index (χ2v) is 5.39. The highest BCUT2D eigenvalue weighted by molar-refractivity contribution is 5.78. The zero-order valence-electron chi connectivity index (χ0n) is 11.8. The molecule has 0 aliphatic heterocycles. The van der Waals surface area contributed by atoms with Gasteiger partial charge in [-0.3, -0.25) is 9.59 Å². The van der Waals surface area contributed by atoms with Gasteiger partial charge in [-0.2, -0.15) is 0 Å². The smallest absolute Gasteiger partial charge is 0.305 e. The van der Waals surface area contributed by atoms with Gasteiger partial charge in [-0.1, -0.05) is 24.3 Å². The van der Waals surface area contributed by atoms with Crippen LogP contribution in [0.2, 0.25) is 0 Å². The number of nitrogens with zero attached hydrogens (tertiary/aromatic N) is 1. The summed E-state index contributed by atoms with van der Waals surface area (Å²) in [5, 5.41) is 8.75. The summed E-state index contributed by atoms with van der Waals surface area (Å²) in [5.41, 5.74) is 2.39. The van der Waals surface area contributed by atoms with Crippen LogP contribution in [0.4, 0.5) is 0 Å². The average molecular weight is 275 g/mol. The van der Waals surface area contributed by atoms with Gasteiger partial charge >= 0.3 is 5.97 Å². The maximum Gasteiger partial charge on any atom is 0.305 e. The first-order chi connectivity index (χ1) is 9.58. The van der Waals surface area contributed by atoms with Crippen LogP contribution in [0.15, 0.2) is 24.3 Å². The zero-order chi connectivity index (χ0) is 14.5. The topological polar surface area (TPSA) is 57.6 Å². The first-order valence-corrected chi connectivity index (χ1v) is 7.13. The molecule has 4 nitrogen and oxygen atoms in total. The molecule has 0 bridgehead atoms. The van der Waals surface area contributed by atoms with Gasteiger partial charge in [0.2, 0.25) is 5.91 Å². The lowest BCUT2D eigenvalue weighted by molar-refractivity contribution is -0.138. The van der Waals surface area contributed by atoms with Crippen molar-refractivity contribution in [3.05, 3.63) is 35.4 Å². The number of carbonyl (C=O) groups excluding carboxylic acids is 1. The van der Waals surface area contributed by atoms with Crippen LogP contribution in [0.3, 0.4) is 0 Å². The molecule has 0 heterocycles. The molecule has 0 spiro atoms. The molecule has 108 valence electrons. The van der Waals surface area contributed by atoms with Crippen LogP contribution in [-0.4, -0.2) is 34.5 Å². The Morgan fingerprint density at radius 3 is 2.55 bits per heavy atom. The van der Waals surface area contributed by atoms with Crippen molar-refractivity contribution in [3.8, 4) is 0 Å². The van der Waals surface area contributed by atoms with E-state index in [2.05, 4.69) is 0 Å². The van der Waals surface area contributed by atoms with E-state index in [9.17, 15) is 9.59 Å². The van der Waals surface area contributed by atoms with Crippen LogP contribution in [0.25, 0.3) is 0 Å². The minimum Gasteiger partial charge on any atom is -0.481 e. The maximum atomic E-state index is 12.3. The highest BCUT2D eigenvalue weighted by Gasteiger charge is 2.32. The van der Waals surface area contributed by atoms with Crippen molar-refractivity contribution in [3.63, 3.8) is 0 Å². The van der Waals surface area contributed by atoms with Gasteiger partial charge < -0.3 is 10.0 Å².